The first kappa shape index (κ1) is 22.7. The second kappa shape index (κ2) is 9.28. The molecule has 0 radical (unpaired) electrons. The third kappa shape index (κ3) is 4.38. The second-order valence-corrected chi connectivity index (χ2v) is 8.58. The first-order valence-electron chi connectivity index (χ1n) is 11.3. The van der Waals surface area contributed by atoms with Crippen molar-refractivity contribution in [2.45, 2.75) is 18.9 Å². The van der Waals surface area contributed by atoms with E-state index in [0.29, 0.717) is 33.7 Å². The monoisotopic (exact) mass is 471 g/mol. The van der Waals surface area contributed by atoms with E-state index < -0.39 is 11.6 Å². The lowest BCUT2D eigenvalue weighted by molar-refractivity contribution is 0.386. The van der Waals surface area contributed by atoms with Crippen LogP contribution in [0.15, 0.2) is 54.6 Å². The second-order valence-electron chi connectivity index (χ2n) is 8.58. The number of hydrogen-bond donors (Lipinski definition) is 1. The van der Waals surface area contributed by atoms with Crippen molar-refractivity contribution in [2.75, 3.05) is 25.1 Å². The van der Waals surface area contributed by atoms with Crippen molar-refractivity contribution in [3.63, 3.8) is 0 Å². The molecule has 0 spiro atoms. The van der Waals surface area contributed by atoms with Gasteiger partial charge in [-0.2, -0.15) is 5.26 Å². The Kier molecular flexibility index (Phi) is 6.01. The maximum Gasteiger partial charge on any atom is 0.226 e. The molecule has 0 amide bonds. The topological polar surface area (TPSA) is 88.1 Å². The van der Waals surface area contributed by atoms with Gasteiger partial charge < -0.3 is 15.4 Å². The van der Waals surface area contributed by atoms with Crippen LogP contribution in [0.25, 0.3) is 33.3 Å². The fraction of sp³-hybridized carbons (Fsp3) is 0.222. The number of ether oxygens (including phenoxy) is 1. The summed E-state index contributed by atoms with van der Waals surface area (Å²) < 4.78 is 33.9. The quantitative estimate of drug-likeness (QED) is 0.448. The van der Waals surface area contributed by atoms with Gasteiger partial charge in [0.05, 0.1) is 23.9 Å². The highest BCUT2D eigenvalue weighted by atomic mass is 19.1. The van der Waals surface area contributed by atoms with Crippen LogP contribution in [0.1, 0.15) is 18.4 Å². The van der Waals surface area contributed by atoms with E-state index in [1.807, 2.05) is 24.3 Å². The van der Waals surface area contributed by atoms with Crippen molar-refractivity contribution < 1.29 is 13.5 Å². The highest BCUT2D eigenvalue weighted by Crippen LogP contribution is 2.34. The summed E-state index contributed by atoms with van der Waals surface area (Å²) in [5, 5.41) is 9.83. The Bertz CT molecular complexity index is 1460. The molecule has 0 atom stereocenters. The Morgan fingerprint density at radius 3 is 2.31 bits per heavy atom. The molecule has 0 saturated carbocycles. The van der Waals surface area contributed by atoms with Crippen LogP contribution in [-0.2, 0) is 0 Å². The molecule has 1 saturated heterocycles. The lowest BCUT2D eigenvalue weighted by atomic mass is 9.99. The number of aromatic nitrogens is 2. The number of benzene rings is 3. The van der Waals surface area contributed by atoms with E-state index in [4.69, 9.17) is 25.7 Å². The SMILES string of the molecule is COc1ccc(-c2ccc3nc(N4CCC(N)CC4)nc(-c4ccc(C#N)c(F)c4)c3c2)cc1F. The van der Waals surface area contributed by atoms with Crippen molar-refractivity contribution in [2.24, 2.45) is 5.73 Å². The number of halogens is 2. The number of piperidine rings is 1. The Morgan fingerprint density at radius 1 is 0.943 bits per heavy atom. The smallest absolute Gasteiger partial charge is 0.226 e. The van der Waals surface area contributed by atoms with Crippen molar-refractivity contribution in [3.05, 3.63) is 71.8 Å². The minimum absolute atomic E-state index is 0.0354. The van der Waals surface area contributed by atoms with Gasteiger partial charge in [0.25, 0.3) is 0 Å². The van der Waals surface area contributed by atoms with E-state index in [9.17, 15) is 8.78 Å². The molecule has 0 unspecified atom stereocenters. The van der Waals surface area contributed by atoms with Crippen LogP contribution in [0.5, 0.6) is 5.75 Å². The van der Waals surface area contributed by atoms with Crippen LogP contribution >= 0.6 is 0 Å². The number of fused-ring (bicyclic) bond motifs is 1. The largest absolute Gasteiger partial charge is 0.494 e. The van der Waals surface area contributed by atoms with Crippen LogP contribution < -0.4 is 15.4 Å². The molecule has 1 fully saturated rings. The Morgan fingerprint density at radius 2 is 1.63 bits per heavy atom. The number of nitriles is 1. The van der Waals surface area contributed by atoms with Crippen molar-refractivity contribution in [3.8, 4) is 34.2 Å². The number of anilines is 1. The molecule has 0 aliphatic carbocycles. The Balaban J connectivity index is 1.67. The average molecular weight is 472 g/mol. The highest BCUT2D eigenvalue weighted by Gasteiger charge is 2.21. The molecule has 1 aliphatic rings. The van der Waals surface area contributed by atoms with Gasteiger partial charge in [-0.05, 0) is 60.4 Å². The van der Waals surface area contributed by atoms with Gasteiger partial charge in [-0.1, -0.05) is 18.2 Å². The molecule has 5 rings (SSSR count). The zero-order valence-electron chi connectivity index (χ0n) is 19.1. The van der Waals surface area contributed by atoms with Crippen LogP contribution in [0, 0.1) is 23.0 Å². The third-order valence-electron chi connectivity index (χ3n) is 6.35. The van der Waals surface area contributed by atoms with Gasteiger partial charge in [0, 0.05) is 30.1 Å². The summed E-state index contributed by atoms with van der Waals surface area (Å²) in [7, 11) is 1.42. The van der Waals surface area contributed by atoms with E-state index >= 15 is 0 Å². The highest BCUT2D eigenvalue weighted by molar-refractivity contribution is 5.96. The Hall–Kier alpha value is -4.09. The molecule has 0 bridgehead atoms. The van der Waals surface area contributed by atoms with E-state index in [1.54, 1.807) is 18.2 Å². The minimum atomic E-state index is -0.615. The summed E-state index contributed by atoms with van der Waals surface area (Å²) in [6.07, 6.45) is 1.67. The van der Waals surface area contributed by atoms with Gasteiger partial charge in [-0.15, -0.1) is 0 Å². The maximum absolute atomic E-state index is 14.6. The van der Waals surface area contributed by atoms with Gasteiger partial charge >= 0.3 is 0 Å². The minimum Gasteiger partial charge on any atom is -0.494 e. The van der Waals surface area contributed by atoms with E-state index in [2.05, 4.69) is 4.90 Å². The Labute approximate surface area is 201 Å². The summed E-state index contributed by atoms with van der Waals surface area (Å²) in [5.41, 5.74) is 9.20. The normalized spacial score (nSPS) is 14.2. The summed E-state index contributed by atoms with van der Waals surface area (Å²) in [5.74, 6) is -0.366. The average Bonchev–Trinajstić information content (AvgIpc) is 2.88. The van der Waals surface area contributed by atoms with E-state index in [1.165, 1.54) is 25.3 Å². The molecule has 176 valence electrons. The molecule has 2 heterocycles. The maximum atomic E-state index is 14.6. The molecule has 3 aromatic carbocycles. The van der Waals surface area contributed by atoms with Gasteiger partial charge in [0.1, 0.15) is 11.9 Å². The predicted molar refractivity (Wildman–Crippen MR) is 131 cm³/mol. The molecule has 2 N–H and O–H groups in total. The van der Waals surface area contributed by atoms with E-state index in [0.717, 1.165) is 31.5 Å². The lowest BCUT2D eigenvalue weighted by Crippen LogP contribution is -2.40. The van der Waals surface area contributed by atoms with Crippen molar-refractivity contribution in [1.82, 2.24) is 9.97 Å². The van der Waals surface area contributed by atoms with Crippen LogP contribution in [0.3, 0.4) is 0 Å². The number of nitrogens with zero attached hydrogens (tertiary/aromatic N) is 4. The number of nitrogens with two attached hydrogens (primary N) is 1. The van der Waals surface area contributed by atoms with Gasteiger partial charge in [-0.3, -0.25) is 0 Å². The van der Waals surface area contributed by atoms with Crippen molar-refractivity contribution in [1.29, 1.82) is 5.26 Å². The molecular formula is C27H23F2N5O. The van der Waals surface area contributed by atoms with Gasteiger partial charge in [0.15, 0.2) is 11.6 Å². The van der Waals surface area contributed by atoms with Crippen LogP contribution in [0.2, 0.25) is 0 Å². The fourth-order valence-corrected chi connectivity index (χ4v) is 4.36. The van der Waals surface area contributed by atoms with Gasteiger partial charge in [0.2, 0.25) is 5.95 Å². The molecule has 6 nitrogen and oxygen atoms in total. The number of hydrogen-bond acceptors (Lipinski definition) is 6. The van der Waals surface area contributed by atoms with Gasteiger partial charge in [-0.25, -0.2) is 18.7 Å². The first-order chi connectivity index (χ1) is 17.0. The predicted octanol–water partition coefficient (Wildman–Crippen LogP) is 5.05. The number of rotatable bonds is 4. The summed E-state index contributed by atoms with van der Waals surface area (Å²) in [6, 6.07) is 16.8. The summed E-state index contributed by atoms with van der Waals surface area (Å²) in [4.78, 5) is 11.7. The molecule has 35 heavy (non-hydrogen) atoms. The fourth-order valence-electron chi connectivity index (χ4n) is 4.36. The number of methoxy groups -OCH3 is 1. The lowest BCUT2D eigenvalue weighted by Gasteiger charge is -2.30. The molecule has 8 heteroatoms. The molecule has 1 aromatic heterocycles. The van der Waals surface area contributed by atoms with Crippen LogP contribution in [-0.4, -0.2) is 36.2 Å². The summed E-state index contributed by atoms with van der Waals surface area (Å²) in [6.45, 7) is 1.47. The molecule has 1 aliphatic heterocycles. The van der Waals surface area contributed by atoms with Crippen LogP contribution in [0.4, 0.5) is 14.7 Å². The molecule has 4 aromatic rings. The van der Waals surface area contributed by atoms with Crippen molar-refractivity contribution >= 4 is 16.9 Å². The standard InChI is InChI=1S/C27H23F2N5O/c1-35-25-7-5-17(13-23(25)29)16-4-6-24-21(12-16)26(18-2-3-19(15-30)22(28)14-18)33-27(32-24)34-10-8-20(31)9-11-34/h2-7,12-14,20H,8-11,31H2,1H3. The van der Waals surface area contributed by atoms with E-state index in [-0.39, 0.29) is 17.4 Å². The zero-order valence-corrected chi connectivity index (χ0v) is 19.1. The first-order valence-corrected chi connectivity index (χ1v) is 11.3. The summed E-state index contributed by atoms with van der Waals surface area (Å²) >= 11 is 0. The third-order valence-corrected chi connectivity index (χ3v) is 6.35. The zero-order chi connectivity index (χ0) is 24.5. The molecular weight excluding hydrogens is 448 g/mol.